The molecule has 21 heavy (non-hydrogen) atoms. The van der Waals surface area contributed by atoms with Crippen LogP contribution in [0, 0.1) is 11.8 Å². The SMILES string of the molecule is COCCN(C)CCNC(=O)c1ccc(C#CCN)cc1. The van der Waals surface area contributed by atoms with Crippen LogP contribution in [0.5, 0.6) is 0 Å². The lowest BCUT2D eigenvalue weighted by Gasteiger charge is -2.16. The summed E-state index contributed by atoms with van der Waals surface area (Å²) in [4.78, 5) is 14.1. The summed E-state index contributed by atoms with van der Waals surface area (Å²) >= 11 is 0. The topological polar surface area (TPSA) is 67.6 Å². The van der Waals surface area contributed by atoms with Gasteiger partial charge in [0.05, 0.1) is 13.2 Å². The molecule has 1 rings (SSSR count). The van der Waals surface area contributed by atoms with Crippen molar-refractivity contribution >= 4 is 5.91 Å². The first-order chi connectivity index (χ1) is 10.2. The van der Waals surface area contributed by atoms with E-state index in [2.05, 4.69) is 22.1 Å². The molecule has 0 atom stereocenters. The summed E-state index contributed by atoms with van der Waals surface area (Å²) in [5, 5.41) is 2.89. The summed E-state index contributed by atoms with van der Waals surface area (Å²) in [5.41, 5.74) is 6.80. The summed E-state index contributed by atoms with van der Waals surface area (Å²) in [5.74, 6) is 5.63. The van der Waals surface area contributed by atoms with Gasteiger partial charge in [0.25, 0.3) is 5.91 Å². The monoisotopic (exact) mass is 289 g/mol. The Labute approximate surface area is 126 Å². The smallest absolute Gasteiger partial charge is 0.251 e. The molecule has 0 unspecified atom stereocenters. The van der Waals surface area contributed by atoms with Crippen molar-refractivity contribution in [1.29, 1.82) is 0 Å². The standard InChI is InChI=1S/C16H23N3O2/c1-19(12-13-21-2)11-10-18-16(20)15-7-5-14(6-8-15)4-3-9-17/h5-8H,9-13,17H2,1-2H3,(H,18,20). The molecular formula is C16H23N3O2. The number of hydrogen-bond acceptors (Lipinski definition) is 4. The number of amides is 1. The van der Waals surface area contributed by atoms with E-state index in [-0.39, 0.29) is 5.91 Å². The molecule has 1 aromatic rings. The molecule has 0 heterocycles. The summed E-state index contributed by atoms with van der Waals surface area (Å²) < 4.78 is 5.00. The molecule has 0 aliphatic heterocycles. The predicted octanol–water partition coefficient (Wildman–Crippen LogP) is 0.305. The highest BCUT2D eigenvalue weighted by atomic mass is 16.5. The maximum Gasteiger partial charge on any atom is 0.251 e. The van der Waals surface area contributed by atoms with Crippen LogP contribution in [0.2, 0.25) is 0 Å². The lowest BCUT2D eigenvalue weighted by atomic mass is 10.1. The summed E-state index contributed by atoms with van der Waals surface area (Å²) in [6.45, 7) is 3.26. The molecular weight excluding hydrogens is 266 g/mol. The van der Waals surface area contributed by atoms with Crippen molar-refractivity contribution in [1.82, 2.24) is 10.2 Å². The van der Waals surface area contributed by atoms with E-state index in [1.807, 2.05) is 19.2 Å². The Morgan fingerprint density at radius 1 is 1.33 bits per heavy atom. The van der Waals surface area contributed by atoms with Crippen LogP contribution in [-0.2, 0) is 4.74 Å². The second kappa shape index (κ2) is 9.94. The van der Waals surface area contributed by atoms with Crippen molar-refractivity contribution < 1.29 is 9.53 Å². The van der Waals surface area contributed by atoms with E-state index >= 15 is 0 Å². The van der Waals surface area contributed by atoms with Crippen LogP contribution >= 0.6 is 0 Å². The van der Waals surface area contributed by atoms with Gasteiger partial charge in [0.1, 0.15) is 0 Å². The number of benzene rings is 1. The molecule has 1 amide bonds. The van der Waals surface area contributed by atoms with Crippen molar-refractivity contribution in [3.8, 4) is 11.8 Å². The first-order valence-corrected chi connectivity index (χ1v) is 6.92. The van der Waals surface area contributed by atoms with E-state index in [1.54, 1.807) is 19.2 Å². The number of nitrogens with zero attached hydrogens (tertiary/aromatic N) is 1. The fraction of sp³-hybridized carbons (Fsp3) is 0.438. The van der Waals surface area contributed by atoms with Crippen molar-refractivity contribution in [3.63, 3.8) is 0 Å². The van der Waals surface area contributed by atoms with Crippen LogP contribution < -0.4 is 11.1 Å². The molecule has 0 aliphatic rings. The number of carbonyl (C=O) groups excluding carboxylic acids is 1. The number of nitrogens with one attached hydrogen (secondary N) is 1. The minimum Gasteiger partial charge on any atom is -0.383 e. The van der Waals surface area contributed by atoms with E-state index in [0.29, 0.717) is 25.3 Å². The molecule has 0 fully saturated rings. The van der Waals surface area contributed by atoms with Gasteiger partial charge in [-0.2, -0.15) is 0 Å². The Morgan fingerprint density at radius 2 is 2.05 bits per heavy atom. The first kappa shape index (κ1) is 17.2. The van der Waals surface area contributed by atoms with Gasteiger partial charge in [-0.3, -0.25) is 4.79 Å². The zero-order chi connectivity index (χ0) is 15.5. The molecule has 5 heteroatoms. The highest BCUT2D eigenvalue weighted by Gasteiger charge is 2.05. The Hall–Kier alpha value is -1.87. The Balaban J connectivity index is 2.38. The maximum atomic E-state index is 12.0. The van der Waals surface area contributed by atoms with E-state index in [4.69, 9.17) is 10.5 Å². The maximum absolute atomic E-state index is 12.0. The minimum atomic E-state index is -0.0755. The lowest BCUT2D eigenvalue weighted by molar-refractivity contribution is 0.0947. The molecule has 0 radical (unpaired) electrons. The third-order valence-electron chi connectivity index (χ3n) is 2.94. The number of hydrogen-bond donors (Lipinski definition) is 2. The molecule has 0 saturated carbocycles. The van der Waals surface area contributed by atoms with E-state index in [1.165, 1.54) is 0 Å². The average molecular weight is 289 g/mol. The molecule has 0 aromatic heterocycles. The van der Waals surface area contributed by atoms with Gasteiger partial charge in [0.2, 0.25) is 0 Å². The van der Waals surface area contributed by atoms with Crippen LogP contribution in [0.1, 0.15) is 15.9 Å². The van der Waals surface area contributed by atoms with Gasteiger partial charge < -0.3 is 20.7 Å². The normalized spacial score (nSPS) is 10.1. The minimum absolute atomic E-state index is 0.0755. The van der Waals surface area contributed by atoms with Crippen LogP contribution in [0.3, 0.4) is 0 Å². The quantitative estimate of drug-likeness (QED) is 0.709. The third kappa shape index (κ3) is 6.91. The summed E-state index contributed by atoms with van der Waals surface area (Å²) in [6, 6.07) is 7.18. The molecule has 0 aliphatic carbocycles. The molecule has 1 aromatic carbocycles. The van der Waals surface area contributed by atoms with Crippen LogP contribution in [-0.4, -0.2) is 57.8 Å². The number of methoxy groups -OCH3 is 1. The van der Waals surface area contributed by atoms with Gasteiger partial charge in [-0.05, 0) is 31.3 Å². The lowest BCUT2D eigenvalue weighted by Crippen LogP contribution is -2.34. The number of carbonyl (C=O) groups is 1. The molecule has 3 N–H and O–H groups in total. The van der Waals surface area contributed by atoms with E-state index < -0.39 is 0 Å². The van der Waals surface area contributed by atoms with Crippen LogP contribution in [0.15, 0.2) is 24.3 Å². The first-order valence-electron chi connectivity index (χ1n) is 6.92. The molecule has 0 bridgehead atoms. The van der Waals surface area contributed by atoms with Crippen LogP contribution in [0.4, 0.5) is 0 Å². The number of rotatable bonds is 7. The number of nitrogens with two attached hydrogens (primary N) is 1. The summed E-state index contributed by atoms with van der Waals surface area (Å²) in [7, 11) is 3.67. The van der Waals surface area contributed by atoms with Gasteiger partial charge >= 0.3 is 0 Å². The van der Waals surface area contributed by atoms with Crippen molar-refractivity contribution in [2.24, 2.45) is 5.73 Å². The third-order valence-corrected chi connectivity index (χ3v) is 2.94. The Bertz CT molecular complexity index is 488. The largest absolute Gasteiger partial charge is 0.383 e. The van der Waals surface area contributed by atoms with Gasteiger partial charge in [0, 0.05) is 37.9 Å². The average Bonchev–Trinajstić information content (AvgIpc) is 2.51. The molecule has 5 nitrogen and oxygen atoms in total. The molecule has 0 saturated heterocycles. The molecule has 114 valence electrons. The second-order valence-electron chi connectivity index (χ2n) is 4.64. The second-order valence-corrected chi connectivity index (χ2v) is 4.64. The highest BCUT2D eigenvalue weighted by molar-refractivity contribution is 5.94. The fourth-order valence-corrected chi connectivity index (χ4v) is 1.68. The predicted molar refractivity (Wildman–Crippen MR) is 84.1 cm³/mol. The Kier molecular flexibility index (Phi) is 8.14. The van der Waals surface area contributed by atoms with E-state index in [0.717, 1.165) is 18.7 Å². The van der Waals surface area contributed by atoms with Crippen molar-refractivity contribution in [2.75, 3.05) is 46.9 Å². The highest BCUT2D eigenvalue weighted by Crippen LogP contribution is 2.03. The summed E-state index contributed by atoms with van der Waals surface area (Å²) in [6.07, 6.45) is 0. The van der Waals surface area contributed by atoms with Crippen molar-refractivity contribution in [2.45, 2.75) is 0 Å². The van der Waals surface area contributed by atoms with E-state index in [9.17, 15) is 4.79 Å². The number of likely N-dealkylation sites (N-methyl/N-ethyl adjacent to an activating group) is 1. The fourth-order valence-electron chi connectivity index (χ4n) is 1.68. The number of ether oxygens (including phenoxy) is 1. The molecule has 0 spiro atoms. The van der Waals surface area contributed by atoms with Gasteiger partial charge in [-0.15, -0.1) is 0 Å². The van der Waals surface area contributed by atoms with Crippen molar-refractivity contribution in [3.05, 3.63) is 35.4 Å². The van der Waals surface area contributed by atoms with Crippen LogP contribution in [0.25, 0.3) is 0 Å². The van der Waals surface area contributed by atoms with Gasteiger partial charge in [-0.1, -0.05) is 11.8 Å². The zero-order valence-corrected chi connectivity index (χ0v) is 12.7. The zero-order valence-electron chi connectivity index (χ0n) is 12.7. The Morgan fingerprint density at radius 3 is 2.67 bits per heavy atom. The van der Waals surface area contributed by atoms with Gasteiger partial charge in [-0.25, -0.2) is 0 Å². The van der Waals surface area contributed by atoms with Gasteiger partial charge in [0.15, 0.2) is 0 Å².